The Morgan fingerprint density at radius 3 is 2.28 bits per heavy atom. The summed E-state index contributed by atoms with van der Waals surface area (Å²) < 4.78 is 87.5. The number of benzene rings is 4. The molecule has 0 bridgehead atoms. The monoisotopic (exact) mass is 711 g/mol. The van der Waals surface area contributed by atoms with Crippen molar-refractivity contribution in [2.45, 2.75) is 43.9 Å². The minimum atomic E-state index is -4.66. The zero-order chi connectivity index (χ0) is 36.0. The van der Waals surface area contributed by atoms with E-state index >= 15 is 0 Å². The molecular weight excluding hydrogens is 676 g/mol. The Bertz CT molecular complexity index is 2030. The summed E-state index contributed by atoms with van der Waals surface area (Å²) in [5.74, 6) is -3.34. The summed E-state index contributed by atoms with van der Waals surface area (Å²) in [6.45, 7) is 5.34. The number of thioether (sulfide) groups is 1. The lowest BCUT2D eigenvalue weighted by Crippen LogP contribution is -2.40. The topological polar surface area (TPSA) is 45.5 Å². The van der Waals surface area contributed by atoms with Crippen LogP contribution in [0, 0.1) is 17.5 Å². The van der Waals surface area contributed by atoms with E-state index in [1.165, 1.54) is 39.8 Å². The largest absolute Gasteiger partial charge is 0.417 e. The highest BCUT2D eigenvalue weighted by atomic mass is 32.2. The predicted molar refractivity (Wildman–Crippen MR) is 184 cm³/mol. The third kappa shape index (κ3) is 8.59. The summed E-state index contributed by atoms with van der Waals surface area (Å²) in [4.78, 5) is 30.8. The van der Waals surface area contributed by atoms with Crippen molar-refractivity contribution in [1.82, 2.24) is 14.4 Å². The fourth-order valence-electron chi connectivity index (χ4n) is 5.76. The maximum atomic E-state index is 14.6. The van der Waals surface area contributed by atoms with Crippen LogP contribution >= 0.6 is 11.8 Å². The van der Waals surface area contributed by atoms with Crippen molar-refractivity contribution in [2.75, 3.05) is 26.2 Å². The molecule has 12 heteroatoms. The van der Waals surface area contributed by atoms with E-state index in [4.69, 9.17) is 0 Å². The van der Waals surface area contributed by atoms with Crippen molar-refractivity contribution < 1.29 is 31.1 Å². The van der Waals surface area contributed by atoms with Gasteiger partial charge in [0, 0.05) is 42.4 Å². The number of alkyl halides is 3. The third-order valence-corrected chi connectivity index (χ3v) is 9.61. The molecule has 0 N–H and O–H groups in total. The molecule has 50 heavy (non-hydrogen) atoms. The van der Waals surface area contributed by atoms with E-state index in [2.05, 4.69) is 4.90 Å². The van der Waals surface area contributed by atoms with Crippen molar-refractivity contribution in [1.29, 1.82) is 0 Å². The highest BCUT2D eigenvalue weighted by Gasteiger charge is 2.34. The van der Waals surface area contributed by atoms with Crippen LogP contribution in [0.25, 0.3) is 22.0 Å². The van der Waals surface area contributed by atoms with Gasteiger partial charge in [0.15, 0.2) is 17.1 Å². The molecule has 5 aromatic rings. The fourth-order valence-corrected chi connectivity index (χ4v) is 6.80. The van der Waals surface area contributed by atoms with Gasteiger partial charge >= 0.3 is 6.18 Å². The molecule has 0 radical (unpaired) electrons. The Morgan fingerprint density at radius 2 is 1.58 bits per heavy atom. The van der Waals surface area contributed by atoms with Gasteiger partial charge in [-0.2, -0.15) is 13.2 Å². The molecule has 0 saturated carbocycles. The molecule has 0 spiro atoms. The van der Waals surface area contributed by atoms with Crippen molar-refractivity contribution in [3.8, 4) is 11.1 Å². The number of rotatable bonds is 13. The zero-order valence-electron chi connectivity index (χ0n) is 27.4. The molecule has 262 valence electrons. The van der Waals surface area contributed by atoms with Crippen LogP contribution in [0.3, 0.4) is 0 Å². The number of carbonyl (C=O) groups is 1. The summed E-state index contributed by atoms with van der Waals surface area (Å²) in [6, 6.07) is 20.8. The lowest BCUT2D eigenvalue weighted by atomic mass is 9.97. The van der Waals surface area contributed by atoms with Gasteiger partial charge in [0.2, 0.25) is 5.91 Å². The number of nitrogens with zero attached hydrogens (tertiary/aromatic N) is 3. The van der Waals surface area contributed by atoms with Gasteiger partial charge in [0.25, 0.3) is 0 Å². The highest BCUT2D eigenvalue weighted by Crippen LogP contribution is 2.38. The normalized spacial score (nSPS) is 11.8. The fraction of sp³-hybridized carbons (Fsp3) is 0.263. The molecule has 0 aliphatic rings. The smallest absolute Gasteiger partial charge is 0.336 e. The number of aromatic nitrogens is 1. The van der Waals surface area contributed by atoms with Gasteiger partial charge in [-0.1, -0.05) is 68.4 Å². The molecule has 0 unspecified atom stereocenters. The first kappa shape index (κ1) is 36.7. The van der Waals surface area contributed by atoms with Gasteiger partial charge in [-0.15, -0.1) is 11.8 Å². The van der Waals surface area contributed by atoms with Gasteiger partial charge in [0.05, 0.1) is 16.1 Å². The van der Waals surface area contributed by atoms with Crippen LogP contribution in [0.2, 0.25) is 0 Å². The number of hydrogen-bond donors (Lipinski definition) is 0. The van der Waals surface area contributed by atoms with Crippen LogP contribution in [-0.4, -0.2) is 46.5 Å². The predicted octanol–water partition coefficient (Wildman–Crippen LogP) is 8.77. The second-order valence-corrected chi connectivity index (χ2v) is 12.7. The Kier molecular flexibility index (Phi) is 11.7. The maximum Gasteiger partial charge on any atom is 0.417 e. The molecule has 5 rings (SSSR count). The van der Waals surface area contributed by atoms with E-state index in [-0.39, 0.29) is 51.5 Å². The summed E-state index contributed by atoms with van der Waals surface area (Å²) >= 11 is 0.975. The zero-order valence-corrected chi connectivity index (χ0v) is 28.3. The first-order valence-corrected chi connectivity index (χ1v) is 17.0. The maximum absolute atomic E-state index is 14.6. The standard InChI is InChI=1S/C38H35F6N3O2S/c1-3-45(4-2)17-18-46(22-25-13-15-29(26-9-6-5-7-10-26)31(19-25)38(42,43)44)35(49)23-47-33-20-28(39)14-16-30(33)34(48)21-36(47)50-24-27-11-8-12-32(40)37(27)41/h5-16,19-21H,3-4,17-18,22-24H2,1-2H3. The Hall–Kier alpha value is -4.55. The van der Waals surface area contributed by atoms with Gasteiger partial charge in [-0.25, -0.2) is 13.2 Å². The third-order valence-electron chi connectivity index (χ3n) is 8.52. The van der Waals surface area contributed by atoms with E-state index < -0.39 is 47.1 Å². The second-order valence-electron chi connectivity index (χ2n) is 11.7. The minimum absolute atomic E-state index is 0.0148. The van der Waals surface area contributed by atoms with E-state index in [9.17, 15) is 35.9 Å². The van der Waals surface area contributed by atoms with Crippen LogP contribution in [0.15, 0.2) is 101 Å². The van der Waals surface area contributed by atoms with Crippen LogP contribution in [0.5, 0.6) is 0 Å². The number of carbonyl (C=O) groups excluding carboxylic acids is 1. The van der Waals surface area contributed by atoms with Crippen LogP contribution in [0.1, 0.15) is 30.5 Å². The molecule has 5 nitrogen and oxygen atoms in total. The number of pyridine rings is 1. The van der Waals surface area contributed by atoms with E-state index in [1.807, 2.05) is 13.8 Å². The molecule has 0 saturated heterocycles. The van der Waals surface area contributed by atoms with Gasteiger partial charge in [-0.3, -0.25) is 9.59 Å². The molecule has 1 heterocycles. The first-order chi connectivity index (χ1) is 23.9. The number of amides is 1. The van der Waals surface area contributed by atoms with E-state index in [0.29, 0.717) is 25.2 Å². The lowest BCUT2D eigenvalue weighted by Gasteiger charge is -2.28. The summed E-state index contributed by atoms with van der Waals surface area (Å²) in [6.07, 6.45) is -4.66. The summed E-state index contributed by atoms with van der Waals surface area (Å²) in [7, 11) is 0. The lowest BCUT2D eigenvalue weighted by molar-refractivity contribution is -0.137. The molecule has 0 aliphatic heterocycles. The van der Waals surface area contributed by atoms with Gasteiger partial charge in [-0.05, 0) is 60.1 Å². The molecule has 1 aromatic heterocycles. The van der Waals surface area contributed by atoms with Crippen LogP contribution in [-0.2, 0) is 29.8 Å². The molecule has 0 atom stereocenters. The summed E-state index contributed by atoms with van der Waals surface area (Å²) in [5, 5.41) is 0.349. The van der Waals surface area contributed by atoms with Crippen molar-refractivity contribution in [3.63, 3.8) is 0 Å². The van der Waals surface area contributed by atoms with Crippen LogP contribution < -0.4 is 5.43 Å². The average molecular weight is 712 g/mol. The number of fused-ring (bicyclic) bond motifs is 1. The number of halogens is 6. The number of hydrogen-bond acceptors (Lipinski definition) is 4. The molecule has 1 amide bonds. The Labute approximate surface area is 290 Å². The van der Waals surface area contributed by atoms with Crippen molar-refractivity contribution in [3.05, 3.63) is 135 Å². The van der Waals surface area contributed by atoms with Gasteiger partial charge in [0.1, 0.15) is 12.4 Å². The SMILES string of the molecule is CCN(CC)CCN(Cc1ccc(-c2ccccc2)c(C(F)(F)F)c1)C(=O)Cn1c(SCc2cccc(F)c2F)cc(=O)c2ccc(F)cc21. The van der Waals surface area contributed by atoms with E-state index in [0.717, 1.165) is 36.0 Å². The molecule has 0 fully saturated rings. The average Bonchev–Trinajstić information content (AvgIpc) is 3.10. The van der Waals surface area contributed by atoms with Crippen molar-refractivity contribution >= 4 is 28.6 Å². The van der Waals surface area contributed by atoms with E-state index in [1.54, 1.807) is 36.4 Å². The quantitative estimate of drug-likeness (QED) is 0.0906. The Balaban J connectivity index is 1.53. The number of likely N-dealkylation sites (N-methyl/N-ethyl adjacent to an activating group) is 1. The Morgan fingerprint density at radius 1 is 0.840 bits per heavy atom. The highest BCUT2D eigenvalue weighted by molar-refractivity contribution is 7.98. The first-order valence-electron chi connectivity index (χ1n) is 16.0. The van der Waals surface area contributed by atoms with Crippen molar-refractivity contribution in [2.24, 2.45) is 0 Å². The van der Waals surface area contributed by atoms with Crippen LogP contribution in [0.4, 0.5) is 26.3 Å². The molecule has 4 aromatic carbocycles. The second kappa shape index (κ2) is 16.0. The summed E-state index contributed by atoms with van der Waals surface area (Å²) in [5.41, 5.74) is -0.465. The molecule has 0 aliphatic carbocycles. The van der Waals surface area contributed by atoms with Gasteiger partial charge < -0.3 is 14.4 Å². The minimum Gasteiger partial charge on any atom is -0.336 e. The molecular formula is C38H35F6N3O2S.